The molecule has 1 atom stereocenters. The van der Waals surface area contributed by atoms with Gasteiger partial charge in [-0.3, -0.25) is 10.1 Å². The molecule has 1 aromatic carbocycles. The van der Waals surface area contributed by atoms with Gasteiger partial charge in [-0.05, 0) is 17.7 Å². The Hall–Kier alpha value is -1.62. The minimum Gasteiger partial charge on any atom is -0.497 e. The Labute approximate surface area is 81.1 Å². The van der Waals surface area contributed by atoms with Crippen molar-refractivity contribution in [3.05, 3.63) is 39.9 Å². The van der Waals surface area contributed by atoms with E-state index in [1.165, 1.54) is 7.11 Å². The Kier molecular flexibility index (Phi) is 3.41. The van der Waals surface area contributed by atoms with E-state index in [0.717, 1.165) is 0 Å². The first kappa shape index (κ1) is 10.5. The van der Waals surface area contributed by atoms with Gasteiger partial charge in [-0.15, -0.1) is 0 Å². The highest BCUT2D eigenvalue weighted by Gasteiger charge is 2.14. The van der Waals surface area contributed by atoms with Gasteiger partial charge in [-0.25, -0.2) is 0 Å². The molecule has 0 heterocycles. The van der Waals surface area contributed by atoms with Crippen molar-refractivity contribution in [1.29, 1.82) is 0 Å². The average molecular weight is 197 g/mol. The van der Waals surface area contributed by atoms with Crippen molar-refractivity contribution in [2.24, 2.45) is 0 Å². The maximum absolute atomic E-state index is 10.2. The highest BCUT2D eigenvalue weighted by atomic mass is 16.6. The van der Waals surface area contributed by atoms with Gasteiger partial charge < -0.3 is 9.84 Å². The summed E-state index contributed by atoms with van der Waals surface area (Å²) in [5, 5.41) is 19.6. The van der Waals surface area contributed by atoms with Crippen LogP contribution < -0.4 is 4.74 Å². The molecule has 0 spiro atoms. The van der Waals surface area contributed by atoms with Gasteiger partial charge in [0.25, 0.3) is 0 Å². The zero-order valence-corrected chi connectivity index (χ0v) is 7.71. The highest BCUT2D eigenvalue weighted by molar-refractivity contribution is 5.29. The molecule has 0 saturated carbocycles. The molecule has 0 fully saturated rings. The SMILES string of the molecule is COc1cccc([C@@H](O)C[N+](=O)[O-])c1. The Morgan fingerprint density at radius 3 is 2.93 bits per heavy atom. The Morgan fingerprint density at radius 1 is 1.64 bits per heavy atom. The average Bonchev–Trinajstić information content (AvgIpc) is 2.17. The molecular weight excluding hydrogens is 186 g/mol. The number of aliphatic hydroxyl groups is 1. The summed E-state index contributed by atoms with van der Waals surface area (Å²) in [6, 6.07) is 6.59. The summed E-state index contributed by atoms with van der Waals surface area (Å²) >= 11 is 0. The van der Waals surface area contributed by atoms with Crippen molar-refractivity contribution in [1.82, 2.24) is 0 Å². The van der Waals surface area contributed by atoms with Gasteiger partial charge in [-0.2, -0.15) is 0 Å². The van der Waals surface area contributed by atoms with Crippen LogP contribution >= 0.6 is 0 Å². The van der Waals surface area contributed by atoms with Gasteiger partial charge in [0.15, 0.2) is 0 Å². The lowest BCUT2D eigenvalue weighted by Crippen LogP contribution is -2.11. The lowest BCUT2D eigenvalue weighted by atomic mass is 10.1. The van der Waals surface area contributed by atoms with Crippen molar-refractivity contribution in [2.75, 3.05) is 13.7 Å². The number of nitrogens with zero attached hydrogens (tertiary/aromatic N) is 1. The molecule has 0 aliphatic heterocycles. The van der Waals surface area contributed by atoms with Crippen LogP contribution in [0.5, 0.6) is 5.75 Å². The number of hydrogen-bond acceptors (Lipinski definition) is 4. The van der Waals surface area contributed by atoms with E-state index in [0.29, 0.717) is 11.3 Å². The van der Waals surface area contributed by atoms with Crippen LogP contribution in [0, 0.1) is 10.1 Å². The van der Waals surface area contributed by atoms with Crippen molar-refractivity contribution in [3.63, 3.8) is 0 Å². The summed E-state index contributed by atoms with van der Waals surface area (Å²) in [4.78, 5) is 9.60. The highest BCUT2D eigenvalue weighted by Crippen LogP contribution is 2.18. The summed E-state index contributed by atoms with van der Waals surface area (Å²) in [5.41, 5.74) is 0.487. The van der Waals surface area contributed by atoms with Crippen molar-refractivity contribution in [3.8, 4) is 5.75 Å². The third-order valence-electron chi connectivity index (χ3n) is 1.80. The van der Waals surface area contributed by atoms with Crippen LogP contribution in [0.2, 0.25) is 0 Å². The molecular formula is C9H11NO4. The van der Waals surface area contributed by atoms with Gasteiger partial charge in [0.1, 0.15) is 11.9 Å². The molecule has 0 saturated heterocycles. The molecule has 0 aromatic heterocycles. The molecule has 1 N–H and O–H groups in total. The molecule has 1 rings (SSSR count). The molecule has 0 unspecified atom stereocenters. The summed E-state index contributed by atoms with van der Waals surface area (Å²) in [7, 11) is 1.50. The summed E-state index contributed by atoms with van der Waals surface area (Å²) in [6.45, 7) is -0.493. The zero-order valence-electron chi connectivity index (χ0n) is 7.71. The lowest BCUT2D eigenvalue weighted by molar-refractivity contribution is -0.491. The predicted octanol–water partition coefficient (Wildman–Crippen LogP) is 1.01. The topological polar surface area (TPSA) is 72.6 Å². The Morgan fingerprint density at radius 2 is 2.36 bits per heavy atom. The Balaban J connectivity index is 2.78. The second-order valence-corrected chi connectivity index (χ2v) is 2.81. The van der Waals surface area contributed by atoms with E-state index < -0.39 is 17.6 Å². The number of benzene rings is 1. The van der Waals surface area contributed by atoms with Crippen LogP contribution in [0.1, 0.15) is 11.7 Å². The fraction of sp³-hybridized carbons (Fsp3) is 0.333. The molecule has 0 aliphatic carbocycles. The molecule has 5 nitrogen and oxygen atoms in total. The molecule has 76 valence electrons. The Bertz CT molecular complexity index is 326. The van der Waals surface area contributed by atoms with E-state index in [-0.39, 0.29) is 0 Å². The summed E-state index contributed by atoms with van der Waals surface area (Å²) < 4.78 is 4.93. The van der Waals surface area contributed by atoms with E-state index in [9.17, 15) is 15.2 Å². The van der Waals surface area contributed by atoms with Crippen LogP contribution in [-0.4, -0.2) is 23.7 Å². The lowest BCUT2D eigenvalue weighted by Gasteiger charge is -2.07. The van der Waals surface area contributed by atoms with Crippen molar-refractivity contribution >= 4 is 0 Å². The molecule has 0 radical (unpaired) electrons. The molecule has 0 amide bonds. The van der Waals surface area contributed by atoms with E-state index in [1.807, 2.05) is 0 Å². The first-order chi connectivity index (χ1) is 6.63. The summed E-state index contributed by atoms with van der Waals surface area (Å²) in [5.74, 6) is 0.574. The minimum absolute atomic E-state index is 0.487. The van der Waals surface area contributed by atoms with Crippen LogP contribution in [0.4, 0.5) is 0 Å². The van der Waals surface area contributed by atoms with Gasteiger partial charge in [-0.1, -0.05) is 12.1 Å². The molecule has 0 bridgehead atoms. The number of aliphatic hydroxyl groups excluding tert-OH is 1. The van der Waals surface area contributed by atoms with E-state index in [1.54, 1.807) is 24.3 Å². The minimum atomic E-state index is -1.08. The maximum atomic E-state index is 10.2. The zero-order chi connectivity index (χ0) is 10.6. The predicted molar refractivity (Wildman–Crippen MR) is 49.8 cm³/mol. The number of nitro groups is 1. The molecule has 0 aliphatic rings. The smallest absolute Gasteiger partial charge is 0.233 e. The quantitative estimate of drug-likeness (QED) is 0.577. The molecule has 14 heavy (non-hydrogen) atoms. The van der Waals surface area contributed by atoms with Crippen LogP contribution in [0.3, 0.4) is 0 Å². The number of methoxy groups -OCH3 is 1. The van der Waals surface area contributed by atoms with Crippen molar-refractivity contribution in [2.45, 2.75) is 6.10 Å². The fourth-order valence-electron chi connectivity index (χ4n) is 1.10. The van der Waals surface area contributed by atoms with Crippen molar-refractivity contribution < 1.29 is 14.8 Å². The van der Waals surface area contributed by atoms with Crippen LogP contribution in [-0.2, 0) is 0 Å². The van der Waals surface area contributed by atoms with E-state index in [4.69, 9.17) is 4.74 Å². The number of hydrogen-bond donors (Lipinski definition) is 1. The number of ether oxygens (including phenoxy) is 1. The third kappa shape index (κ3) is 2.70. The van der Waals surface area contributed by atoms with Gasteiger partial charge in [0.05, 0.1) is 7.11 Å². The standard InChI is InChI=1S/C9H11NO4/c1-14-8-4-2-3-7(5-8)9(11)6-10(12)13/h2-5,9,11H,6H2,1H3/t9-/m0/s1. The van der Waals surface area contributed by atoms with E-state index in [2.05, 4.69) is 0 Å². The van der Waals surface area contributed by atoms with Gasteiger partial charge in [0.2, 0.25) is 6.54 Å². The van der Waals surface area contributed by atoms with Crippen LogP contribution in [0.15, 0.2) is 24.3 Å². The van der Waals surface area contributed by atoms with E-state index >= 15 is 0 Å². The number of rotatable bonds is 4. The maximum Gasteiger partial charge on any atom is 0.233 e. The van der Waals surface area contributed by atoms with Gasteiger partial charge >= 0.3 is 0 Å². The normalized spacial score (nSPS) is 12.1. The van der Waals surface area contributed by atoms with Gasteiger partial charge in [0, 0.05) is 4.92 Å². The third-order valence-corrected chi connectivity index (χ3v) is 1.80. The largest absolute Gasteiger partial charge is 0.497 e. The molecule has 5 heteroatoms. The second-order valence-electron chi connectivity index (χ2n) is 2.81. The fourth-order valence-corrected chi connectivity index (χ4v) is 1.10. The van der Waals surface area contributed by atoms with Crippen LogP contribution in [0.25, 0.3) is 0 Å². The monoisotopic (exact) mass is 197 g/mol. The summed E-state index contributed by atoms with van der Waals surface area (Å²) in [6.07, 6.45) is -1.08. The molecule has 1 aromatic rings. The first-order valence-electron chi connectivity index (χ1n) is 4.07. The first-order valence-corrected chi connectivity index (χ1v) is 4.07. The second kappa shape index (κ2) is 4.57.